The molecule has 8 heteroatoms. The topological polar surface area (TPSA) is 67.9 Å². The minimum Gasteiger partial charge on any atom is -0.454 e. The van der Waals surface area contributed by atoms with Crippen molar-refractivity contribution >= 4 is 51.9 Å². The van der Waals surface area contributed by atoms with Gasteiger partial charge in [-0.05, 0) is 62.1 Å². The molecule has 2 heterocycles. The number of thioether (sulfide) groups is 1. The number of ether oxygens (including phenoxy) is 2. The maximum atomic E-state index is 12.8. The number of hydrogen-bond donors (Lipinski definition) is 1. The van der Waals surface area contributed by atoms with E-state index in [2.05, 4.69) is 17.4 Å². The molecule has 1 fully saturated rings. The fraction of sp³-hybridized carbons (Fsp3) is 0.292. The van der Waals surface area contributed by atoms with Crippen molar-refractivity contribution in [1.29, 1.82) is 0 Å². The van der Waals surface area contributed by atoms with E-state index in [0.717, 1.165) is 22.4 Å². The lowest BCUT2D eigenvalue weighted by Gasteiger charge is -2.15. The standard InChI is InChI=1S/C24H24N2O4S2/c1-14-9-15(2)22(16(3)10-14)25-21(27)5-4-8-26-23(28)20(32-24(26)31)12-17-6-7-18-19(11-17)30-13-29-18/h6-7,9-12H,4-5,8,13H2,1-3H3,(H,25,27)/b20-12-. The summed E-state index contributed by atoms with van der Waals surface area (Å²) in [5.74, 6) is 1.16. The number of benzene rings is 2. The Balaban J connectivity index is 1.33. The van der Waals surface area contributed by atoms with Gasteiger partial charge in [-0.3, -0.25) is 14.5 Å². The van der Waals surface area contributed by atoms with E-state index < -0.39 is 0 Å². The van der Waals surface area contributed by atoms with Gasteiger partial charge < -0.3 is 14.8 Å². The Morgan fingerprint density at radius 1 is 1.16 bits per heavy atom. The Kier molecular flexibility index (Phi) is 6.53. The lowest BCUT2D eigenvalue weighted by Crippen LogP contribution is -2.29. The van der Waals surface area contributed by atoms with E-state index in [0.29, 0.717) is 40.1 Å². The zero-order valence-corrected chi connectivity index (χ0v) is 19.8. The second-order valence-corrected chi connectivity index (χ2v) is 9.55. The van der Waals surface area contributed by atoms with Crippen molar-refractivity contribution in [2.24, 2.45) is 0 Å². The van der Waals surface area contributed by atoms with E-state index in [1.54, 1.807) is 11.0 Å². The van der Waals surface area contributed by atoms with Gasteiger partial charge >= 0.3 is 0 Å². The number of aryl methyl sites for hydroxylation is 3. The van der Waals surface area contributed by atoms with Gasteiger partial charge in [0.05, 0.1) is 4.91 Å². The summed E-state index contributed by atoms with van der Waals surface area (Å²) >= 11 is 6.68. The van der Waals surface area contributed by atoms with Crippen molar-refractivity contribution in [1.82, 2.24) is 4.90 Å². The summed E-state index contributed by atoms with van der Waals surface area (Å²) in [6, 6.07) is 9.64. The first-order valence-electron chi connectivity index (χ1n) is 10.3. The molecule has 1 saturated heterocycles. The number of carbonyl (C=O) groups excluding carboxylic acids is 2. The highest BCUT2D eigenvalue weighted by Gasteiger charge is 2.31. The summed E-state index contributed by atoms with van der Waals surface area (Å²) < 4.78 is 11.2. The van der Waals surface area contributed by atoms with Gasteiger partial charge in [0.25, 0.3) is 5.91 Å². The Bertz CT molecular complexity index is 1120. The molecule has 32 heavy (non-hydrogen) atoms. The van der Waals surface area contributed by atoms with E-state index in [1.165, 1.54) is 17.3 Å². The summed E-state index contributed by atoms with van der Waals surface area (Å²) in [7, 11) is 0. The number of nitrogens with one attached hydrogen (secondary N) is 1. The van der Waals surface area contributed by atoms with Gasteiger partial charge in [-0.2, -0.15) is 0 Å². The van der Waals surface area contributed by atoms with Crippen molar-refractivity contribution in [3.05, 3.63) is 57.5 Å². The molecule has 2 aliphatic rings. The van der Waals surface area contributed by atoms with E-state index in [1.807, 2.05) is 39.0 Å². The SMILES string of the molecule is Cc1cc(C)c(NC(=O)CCCN2C(=O)/C(=C/c3ccc4c(c3)OCO4)SC2=S)c(C)c1. The molecule has 2 aliphatic heterocycles. The van der Waals surface area contributed by atoms with Gasteiger partial charge in [-0.25, -0.2) is 0 Å². The number of fused-ring (bicyclic) bond motifs is 1. The van der Waals surface area contributed by atoms with Crippen LogP contribution in [0.1, 0.15) is 35.1 Å². The lowest BCUT2D eigenvalue weighted by atomic mass is 10.0. The van der Waals surface area contributed by atoms with Gasteiger partial charge in [-0.1, -0.05) is 47.7 Å². The van der Waals surface area contributed by atoms with Crippen molar-refractivity contribution in [2.75, 3.05) is 18.7 Å². The fourth-order valence-corrected chi connectivity index (χ4v) is 5.13. The second kappa shape index (κ2) is 9.34. The van der Waals surface area contributed by atoms with E-state index in [-0.39, 0.29) is 18.6 Å². The zero-order chi connectivity index (χ0) is 22.8. The smallest absolute Gasteiger partial charge is 0.266 e. The summed E-state index contributed by atoms with van der Waals surface area (Å²) in [6.07, 6.45) is 2.64. The van der Waals surface area contributed by atoms with Crippen LogP contribution in [-0.4, -0.2) is 34.4 Å². The molecule has 0 saturated carbocycles. The Labute approximate surface area is 197 Å². The molecule has 0 bridgehead atoms. The maximum Gasteiger partial charge on any atom is 0.266 e. The minimum atomic E-state index is -0.136. The molecule has 6 nitrogen and oxygen atoms in total. The third kappa shape index (κ3) is 4.81. The summed E-state index contributed by atoms with van der Waals surface area (Å²) in [4.78, 5) is 27.4. The van der Waals surface area contributed by atoms with Crippen molar-refractivity contribution in [2.45, 2.75) is 33.6 Å². The van der Waals surface area contributed by atoms with Gasteiger partial charge in [0, 0.05) is 18.7 Å². The molecule has 2 aromatic rings. The Hall–Kier alpha value is -2.84. The zero-order valence-electron chi connectivity index (χ0n) is 18.2. The second-order valence-electron chi connectivity index (χ2n) is 7.87. The lowest BCUT2D eigenvalue weighted by molar-refractivity contribution is -0.122. The number of thiocarbonyl (C=S) groups is 1. The van der Waals surface area contributed by atoms with Gasteiger partial charge in [-0.15, -0.1) is 0 Å². The molecule has 0 atom stereocenters. The molecule has 0 aliphatic carbocycles. The van der Waals surface area contributed by atoms with Crippen LogP contribution in [0.25, 0.3) is 6.08 Å². The molecule has 1 N–H and O–H groups in total. The van der Waals surface area contributed by atoms with E-state index >= 15 is 0 Å². The molecular weight excluding hydrogens is 444 g/mol. The molecule has 166 valence electrons. The van der Waals surface area contributed by atoms with Crippen LogP contribution >= 0.6 is 24.0 Å². The van der Waals surface area contributed by atoms with Crippen molar-refractivity contribution in [3.8, 4) is 11.5 Å². The third-order valence-electron chi connectivity index (χ3n) is 5.29. The van der Waals surface area contributed by atoms with Crippen LogP contribution in [0.15, 0.2) is 35.2 Å². The number of rotatable bonds is 6. The number of amides is 2. The molecule has 2 amide bonds. The monoisotopic (exact) mass is 468 g/mol. The van der Waals surface area contributed by atoms with Crippen molar-refractivity contribution in [3.63, 3.8) is 0 Å². The highest BCUT2D eigenvalue weighted by molar-refractivity contribution is 8.26. The van der Waals surface area contributed by atoms with Gasteiger partial charge in [0.15, 0.2) is 11.5 Å². The first-order chi connectivity index (χ1) is 15.3. The maximum absolute atomic E-state index is 12.8. The first kappa shape index (κ1) is 22.4. The highest BCUT2D eigenvalue weighted by atomic mass is 32.2. The molecule has 0 aromatic heterocycles. The van der Waals surface area contributed by atoms with E-state index in [4.69, 9.17) is 21.7 Å². The third-order valence-corrected chi connectivity index (χ3v) is 6.67. The quantitative estimate of drug-likeness (QED) is 0.477. The summed E-state index contributed by atoms with van der Waals surface area (Å²) in [6.45, 7) is 6.62. The molecule has 0 spiro atoms. The molecule has 0 radical (unpaired) electrons. The van der Waals surface area contributed by atoms with Crippen LogP contribution in [0.4, 0.5) is 5.69 Å². The largest absolute Gasteiger partial charge is 0.454 e. The average Bonchev–Trinajstić information content (AvgIpc) is 3.30. The highest BCUT2D eigenvalue weighted by Crippen LogP contribution is 2.36. The predicted molar refractivity (Wildman–Crippen MR) is 131 cm³/mol. The fourth-order valence-electron chi connectivity index (χ4n) is 3.82. The van der Waals surface area contributed by atoms with E-state index in [9.17, 15) is 9.59 Å². The van der Waals surface area contributed by atoms with Gasteiger partial charge in [0.2, 0.25) is 12.7 Å². The van der Waals surface area contributed by atoms with Crippen LogP contribution in [-0.2, 0) is 9.59 Å². The molecule has 4 rings (SSSR count). The summed E-state index contributed by atoms with van der Waals surface area (Å²) in [5.41, 5.74) is 4.96. The molecule has 0 unspecified atom stereocenters. The Morgan fingerprint density at radius 3 is 2.62 bits per heavy atom. The Morgan fingerprint density at radius 2 is 1.88 bits per heavy atom. The average molecular weight is 469 g/mol. The van der Waals surface area contributed by atoms with Crippen LogP contribution in [0.5, 0.6) is 11.5 Å². The van der Waals surface area contributed by atoms with Crippen molar-refractivity contribution < 1.29 is 19.1 Å². The summed E-state index contributed by atoms with van der Waals surface area (Å²) in [5, 5.41) is 3.00. The van der Waals surface area contributed by atoms with Crippen LogP contribution in [0.2, 0.25) is 0 Å². The predicted octanol–water partition coefficient (Wildman–Crippen LogP) is 4.96. The minimum absolute atomic E-state index is 0.0682. The number of anilines is 1. The molecular formula is C24H24N2O4S2. The normalized spacial score (nSPS) is 16.2. The number of hydrogen-bond acceptors (Lipinski definition) is 6. The van der Waals surface area contributed by atoms with Crippen LogP contribution < -0.4 is 14.8 Å². The van der Waals surface area contributed by atoms with Gasteiger partial charge in [0.1, 0.15) is 4.32 Å². The van der Waals surface area contributed by atoms with Crippen LogP contribution in [0.3, 0.4) is 0 Å². The molecule has 2 aromatic carbocycles. The first-order valence-corrected chi connectivity index (χ1v) is 11.6. The number of nitrogens with zero attached hydrogens (tertiary/aromatic N) is 1. The number of carbonyl (C=O) groups is 2. The van der Waals surface area contributed by atoms with Crippen LogP contribution in [0, 0.1) is 20.8 Å².